The minimum absolute atomic E-state index is 0.904. The van der Waals surface area contributed by atoms with E-state index in [1.165, 1.54) is 0 Å². The minimum Gasteiger partial charge on any atom is -0.394 e. The third kappa shape index (κ3) is 3.27. The quantitative estimate of drug-likeness (QED) is 0.730. The zero-order chi connectivity index (χ0) is 10.2. The second-order valence-corrected chi connectivity index (χ2v) is 2.75. The van der Waals surface area contributed by atoms with Crippen LogP contribution >= 0.6 is 0 Å². The van der Waals surface area contributed by atoms with Gasteiger partial charge in [-0.2, -0.15) is 0 Å². The van der Waals surface area contributed by atoms with Crippen molar-refractivity contribution in [2.45, 2.75) is 0 Å². The summed E-state index contributed by atoms with van der Waals surface area (Å²) in [5.74, 6) is 0. The number of nitrogens with one attached hydrogen (secondary N) is 1. The Kier molecular flexibility index (Phi) is 4.21. The maximum Gasteiger partial charge on any atom is 0.0695 e. The van der Waals surface area contributed by atoms with Gasteiger partial charge in [0.15, 0.2) is 0 Å². The van der Waals surface area contributed by atoms with Crippen molar-refractivity contribution in [1.82, 2.24) is 10.3 Å². The monoisotopic (exact) mass is 186 g/mol. The third-order valence-electron chi connectivity index (χ3n) is 1.67. The second kappa shape index (κ2) is 5.75. The summed E-state index contributed by atoms with van der Waals surface area (Å²) in [6, 6.07) is 5.78. The largest absolute Gasteiger partial charge is 0.394 e. The molecule has 0 aliphatic carbocycles. The second-order valence-electron chi connectivity index (χ2n) is 2.75. The molecule has 0 bridgehead atoms. The van der Waals surface area contributed by atoms with E-state index in [9.17, 15) is 0 Å². The van der Waals surface area contributed by atoms with Crippen LogP contribution < -0.4 is 5.32 Å². The van der Waals surface area contributed by atoms with E-state index >= 15 is 0 Å². The first-order chi connectivity index (χ1) is 6.84. The number of aromatic nitrogens is 1. The van der Waals surface area contributed by atoms with E-state index in [0.29, 0.717) is 0 Å². The average Bonchev–Trinajstić information content (AvgIpc) is 2.25. The predicted octanol–water partition coefficient (Wildman–Crippen LogP) is 2.38. The highest BCUT2D eigenvalue weighted by Gasteiger charge is 1.92. The van der Waals surface area contributed by atoms with Crippen LogP contribution in [0.2, 0.25) is 0 Å². The molecule has 0 unspecified atom stereocenters. The number of pyridine rings is 1. The number of allylic oxidation sites excluding steroid dienone is 4. The van der Waals surface area contributed by atoms with E-state index in [-0.39, 0.29) is 0 Å². The smallest absolute Gasteiger partial charge is 0.0695 e. The van der Waals surface area contributed by atoms with Crippen LogP contribution in [0.3, 0.4) is 0 Å². The lowest BCUT2D eigenvalue weighted by molar-refractivity contribution is 1.10. The van der Waals surface area contributed by atoms with Crippen molar-refractivity contribution >= 4 is 5.57 Å². The molecule has 2 nitrogen and oxygen atoms in total. The van der Waals surface area contributed by atoms with Crippen LogP contribution in [0.4, 0.5) is 0 Å². The number of hydrogen-bond donors (Lipinski definition) is 1. The van der Waals surface area contributed by atoms with Gasteiger partial charge in [-0.1, -0.05) is 24.8 Å². The summed E-state index contributed by atoms with van der Waals surface area (Å²) in [7, 11) is 1.86. The SMILES string of the molecule is C=C(/C=C\C=C/NC)c1ccccn1. The van der Waals surface area contributed by atoms with Gasteiger partial charge in [-0.05, 0) is 30.0 Å². The van der Waals surface area contributed by atoms with E-state index in [2.05, 4.69) is 16.9 Å². The summed E-state index contributed by atoms with van der Waals surface area (Å²) in [4.78, 5) is 4.19. The summed E-state index contributed by atoms with van der Waals surface area (Å²) >= 11 is 0. The molecule has 1 aromatic rings. The van der Waals surface area contributed by atoms with Crippen molar-refractivity contribution in [1.29, 1.82) is 0 Å². The molecule has 0 saturated carbocycles. The Balaban J connectivity index is 2.59. The van der Waals surface area contributed by atoms with Crippen LogP contribution in [0.5, 0.6) is 0 Å². The Bertz CT molecular complexity index is 337. The Hall–Kier alpha value is -1.83. The van der Waals surface area contributed by atoms with Crippen molar-refractivity contribution in [2.75, 3.05) is 7.05 Å². The number of rotatable bonds is 4. The first-order valence-corrected chi connectivity index (χ1v) is 4.45. The third-order valence-corrected chi connectivity index (χ3v) is 1.67. The van der Waals surface area contributed by atoms with Gasteiger partial charge >= 0.3 is 0 Å². The van der Waals surface area contributed by atoms with Crippen LogP contribution in [0.15, 0.2) is 55.4 Å². The van der Waals surface area contributed by atoms with Gasteiger partial charge < -0.3 is 5.32 Å². The molecule has 14 heavy (non-hydrogen) atoms. The molecule has 1 rings (SSSR count). The van der Waals surface area contributed by atoms with E-state index in [4.69, 9.17) is 0 Å². The highest BCUT2D eigenvalue weighted by molar-refractivity contribution is 5.69. The first-order valence-electron chi connectivity index (χ1n) is 4.45. The van der Waals surface area contributed by atoms with Crippen molar-refractivity contribution < 1.29 is 0 Å². The summed E-state index contributed by atoms with van der Waals surface area (Å²) in [6.45, 7) is 3.92. The summed E-state index contributed by atoms with van der Waals surface area (Å²) in [5.41, 5.74) is 1.81. The van der Waals surface area contributed by atoms with Gasteiger partial charge in [-0.25, -0.2) is 0 Å². The molecule has 1 aromatic heterocycles. The Morgan fingerprint density at radius 2 is 2.29 bits per heavy atom. The molecular weight excluding hydrogens is 172 g/mol. The van der Waals surface area contributed by atoms with Gasteiger partial charge in [-0.15, -0.1) is 0 Å². The van der Waals surface area contributed by atoms with Gasteiger partial charge in [0.2, 0.25) is 0 Å². The molecular formula is C12H14N2. The molecule has 2 heteroatoms. The zero-order valence-corrected chi connectivity index (χ0v) is 8.27. The summed E-state index contributed by atoms with van der Waals surface area (Å²) < 4.78 is 0. The van der Waals surface area contributed by atoms with Gasteiger partial charge in [0.1, 0.15) is 0 Å². The molecule has 1 N–H and O–H groups in total. The lowest BCUT2D eigenvalue weighted by Gasteiger charge is -1.96. The van der Waals surface area contributed by atoms with Gasteiger partial charge in [0, 0.05) is 13.2 Å². The molecule has 0 atom stereocenters. The summed E-state index contributed by atoms with van der Waals surface area (Å²) in [6.07, 6.45) is 9.37. The molecule has 0 radical (unpaired) electrons. The zero-order valence-electron chi connectivity index (χ0n) is 8.27. The van der Waals surface area contributed by atoms with E-state index in [1.807, 2.05) is 49.7 Å². The Morgan fingerprint density at radius 3 is 2.93 bits per heavy atom. The molecule has 0 fully saturated rings. The lowest BCUT2D eigenvalue weighted by atomic mass is 10.2. The Labute approximate surface area is 84.7 Å². The standard InChI is InChI=1S/C12H14N2/c1-11(7-3-5-9-13-2)12-8-4-6-10-14-12/h3-10,13H,1H2,2H3/b7-3-,9-5-. The topological polar surface area (TPSA) is 24.9 Å². The fourth-order valence-corrected chi connectivity index (χ4v) is 0.962. The van der Waals surface area contributed by atoms with Crippen LogP contribution in [0.1, 0.15) is 5.69 Å². The molecule has 0 aromatic carbocycles. The maximum atomic E-state index is 4.19. The average molecular weight is 186 g/mol. The van der Waals surface area contributed by atoms with Crippen molar-refractivity contribution in [3.8, 4) is 0 Å². The van der Waals surface area contributed by atoms with E-state index in [1.54, 1.807) is 6.20 Å². The molecule has 0 aliphatic heterocycles. The molecule has 0 amide bonds. The van der Waals surface area contributed by atoms with Crippen molar-refractivity contribution in [2.24, 2.45) is 0 Å². The van der Waals surface area contributed by atoms with Crippen molar-refractivity contribution in [3.63, 3.8) is 0 Å². The number of nitrogens with zero attached hydrogens (tertiary/aromatic N) is 1. The maximum absolute atomic E-state index is 4.19. The fraction of sp³-hybridized carbons (Fsp3) is 0.0833. The van der Waals surface area contributed by atoms with Crippen LogP contribution in [0.25, 0.3) is 5.57 Å². The van der Waals surface area contributed by atoms with Crippen LogP contribution in [0, 0.1) is 0 Å². The van der Waals surface area contributed by atoms with E-state index in [0.717, 1.165) is 11.3 Å². The molecule has 72 valence electrons. The van der Waals surface area contributed by atoms with Crippen molar-refractivity contribution in [3.05, 3.63) is 61.1 Å². The van der Waals surface area contributed by atoms with Gasteiger partial charge in [-0.3, -0.25) is 4.98 Å². The van der Waals surface area contributed by atoms with Crippen LogP contribution in [-0.4, -0.2) is 12.0 Å². The number of hydrogen-bond acceptors (Lipinski definition) is 2. The summed E-state index contributed by atoms with van der Waals surface area (Å²) in [5, 5.41) is 2.90. The molecule has 0 spiro atoms. The minimum atomic E-state index is 0.904. The molecule has 1 heterocycles. The lowest BCUT2D eigenvalue weighted by Crippen LogP contribution is -1.89. The first kappa shape index (κ1) is 10.3. The molecule has 0 saturated heterocycles. The van der Waals surface area contributed by atoms with Gasteiger partial charge in [0.05, 0.1) is 5.69 Å². The van der Waals surface area contributed by atoms with Gasteiger partial charge in [0.25, 0.3) is 0 Å². The highest BCUT2D eigenvalue weighted by atomic mass is 14.8. The fourth-order valence-electron chi connectivity index (χ4n) is 0.962. The van der Waals surface area contributed by atoms with Crippen LogP contribution in [-0.2, 0) is 0 Å². The molecule has 0 aliphatic rings. The predicted molar refractivity (Wildman–Crippen MR) is 60.6 cm³/mol. The normalized spacial score (nSPS) is 10.9. The van der Waals surface area contributed by atoms with E-state index < -0.39 is 0 Å². The Morgan fingerprint density at radius 1 is 1.43 bits per heavy atom. The highest BCUT2D eigenvalue weighted by Crippen LogP contribution is 2.09.